The molecule has 0 aliphatic heterocycles. The Kier molecular flexibility index (Phi) is 4.63. The summed E-state index contributed by atoms with van der Waals surface area (Å²) in [5, 5.41) is 0. The minimum atomic E-state index is -3.24. The molecule has 0 fully saturated rings. The number of rotatable bonds is 4. The topological polar surface area (TPSA) is 68.5 Å². The molecule has 1 amide bonds. The summed E-state index contributed by atoms with van der Waals surface area (Å²) in [6, 6.07) is 5.03. The minimum Gasteiger partial charge on any atom is -0.316 e. The number of sulfone groups is 1. The molecule has 0 saturated carbocycles. The number of nitrogens with zero attached hydrogens (tertiary/aromatic N) is 2. The predicted molar refractivity (Wildman–Crippen MR) is 84.1 cm³/mol. The SMILES string of the molecule is CCCn1c(=NC(=O)CC)sc2cc(S(C)(=O)=O)ccc21. The first kappa shape index (κ1) is 15.9. The van der Waals surface area contributed by atoms with Crippen molar-refractivity contribution in [2.45, 2.75) is 38.1 Å². The third-order valence-corrected chi connectivity index (χ3v) is 5.20. The van der Waals surface area contributed by atoms with Gasteiger partial charge in [-0.3, -0.25) is 4.79 Å². The minimum absolute atomic E-state index is 0.172. The number of aryl methyl sites for hydroxylation is 1. The number of hydrogen-bond donors (Lipinski definition) is 0. The number of amides is 1. The van der Waals surface area contributed by atoms with E-state index in [1.807, 2.05) is 11.5 Å². The van der Waals surface area contributed by atoms with Gasteiger partial charge >= 0.3 is 0 Å². The second-order valence-corrected chi connectivity index (χ2v) is 7.82. The van der Waals surface area contributed by atoms with Gasteiger partial charge in [-0.15, -0.1) is 0 Å². The monoisotopic (exact) mass is 326 g/mol. The van der Waals surface area contributed by atoms with E-state index in [9.17, 15) is 13.2 Å². The molecule has 0 aliphatic carbocycles. The van der Waals surface area contributed by atoms with E-state index < -0.39 is 9.84 Å². The molecule has 0 saturated heterocycles. The first-order valence-electron chi connectivity index (χ1n) is 6.77. The van der Waals surface area contributed by atoms with Crippen molar-refractivity contribution in [1.82, 2.24) is 4.57 Å². The maximum Gasteiger partial charge on any atom is 0.248 e. The quantitative estimate of drug-likeness (QED) is 0.866. The summed E-state index contributed by atoms with van der Waals surface area (Å²) in [5.41, 5.74) is 0.914. The predicted octanol–water partition coefficient (Wildman–Crippen LogP) is 2.35. The first-order chi connectivity index (χ1) is 9.86. The zero-order chi connectivity index (χ0) is 15.6. The van der Waals surface area contributed by atoms with Crippen LogP contribution in [0.1, 0.15) is 26.7 Å². The van der Waals surface area contributed by atoms with Crippen molar-refractivity contribution >= 4 is 37.3 Å². The molecule has 114 valence electrons. The van der Waals surface area contributed by atoms with E-state index >= 15 is 0 Å². The van der Waals surface area contributed by atoms with Crippen LogP contribution in [0.25, 0.3) is 10.2 Å². The highest BCUT2D eigenvalue weighted by atomic mass is 32.2. The molecule has 0 N–H and O–H groups in total. The summed E-state index contributed by atoms with van der Waals surface area (Å²) in [4.78, 5) is 16.6. The molecule has 2 rings (SSSR count). The Hall–Kier alpha value is -1.47. The van der Waals surface area contributed by atoms with Gasteiger partial charge in [0, 0.05) is 19.2 Å². The maximum absolute atomic E-state index is 11.6. The van der Waals surface area contributed by atoms with E-state index in [1.54, 1.807) is 25.1 Å². The Labute approximate surface area is 127 Å². The van der Waals surface area contributed by atoms with Crippen LogP contribution in [0, 0.1) is 0 Å². The third kappa shape index (κ3) is 3.41. The maximum atomic E-state index is 11.6. The van der Waals surface area contributed by atoms with Gasteiger partial charge < -0.3 is 4.57 Å². The zero-order valence-electron chi connectivity index (χ0n) is 12.3. The average molecular weight is 326 g/mol. The van der Waals surface area contributed by atoms with E-state index in [0.29, 0.717) is 11.2 Å². The molecule has 0 unspecified atom stereocenters. The van der Waals surface area contributed by atoms with Gasteiger partial charge in [0.25, 0.3) is 0 Å². The number of hydrogen-bond acceptors (Lipinski definition) is 4. The summed E-state index contributed by atoms with van der Waals surface area (Å²) < 4.78 is 26.1. The van der Waals surface area contributed by atoms with Gasteiger partial charge in [-0.05, 0) is 24.6 Å². The average Bonchev–Trinajstić information content (AvgIpc) is 2.75. The fourth-order valence-corrected chi connectivity index (χ4v) is 3.83. The number of thiazole rings is 1. The van der Waals surface area contributed by atoms with Gasteiger partial charge in [-0.25, -0.2) is 8.42 Å². The standard InChI is InChI=1S/C14H18N2O3S2/c1-4-8-16-11-7-6-10(21(3,18)19)9-12(11)20-14(16)15-13(17)5-2/h6-7,9H,4-5,8H2,1-3H3. The fourth-order valence-electron chi connectivity index (χ4n) is 1.99. The van der Waals surface area contributed by atoms with Crippen LogP contribution in [0.3, 0.4) is 0 Å². The number of carbonyl (C=O) groups is 1. The molecular weight excluding hydrogens is 308 g/mol. The van der Waals surface area contributed by atoms with Gasteiger partial charge in [0.1, 0.15) is 0 Å². The molecule has 0 atom stereocenters. The highest BCUT2D eigenvalue weighted by molar-refractivity contribution is 7.90. The highest BCUT2D eigenvalue weighted by Crippen LogP contribution is 2.22. The van der Waals surface area contributed by atoms with Crippen molar-refractivity contribution in [2.75, 3.05) is 6.26 Å². The molecule has 1 heterocycles. The van der Waals surface area contributed by atoms with Crippen molar-refractivity contribution < 1.29 is 13.2 Å². The molecule has 2 aromatic rings. The van der Waals surface area contributed by atoms with Crippen molar-refractivity contribution in [1.29, 1.82) is 0 Å². The summed E-state index contributed by atoms with van der Waals surface area (Å²) >= 11 is 1.35. The van der Waals surface area contributed by atoms with Gasteiger partial charge in [0.05, 0.1) is 15.1 Å². The van der Waals surface area contributed by atoms with Gasteiger partial charge in [0.15, 0.2) is 14.6 Å². The van der Waals surface area contributed by atoms with Crippen LogP contribution in [-0.4, -0.2) is 25.1 Å². The zero-order valence-corrected chi connectivity index (χ0v) is 13.9. The summed E-state index contributed by atoms with van der Waals surface area (Å²) in [6.07, 6.45) is 2.45. The van der Waals surface area contributed by atoms with Gasteiger partial charge in [-0.2, -0.15) is 4.99 Å². The van der Waals surface area contributed by atoms with Crippen LogP contribution in [0.5, 0.6) is 0 Å². The molecule has 7 heteroatoms. The highest BCUT2D eigenvalue weighted by Gasteiger charge is 2.12. The number of carbonyl (C=O) groups excluding carboxylic acids is 1. The smallest absolute Gasteiger partial charge is 0.248 e. The molecule has 0 aliphatic rings. The summed E-state index contributed by atoms with van der Waals surface area (Å²) in [7, 11) is -3.24. The second-order valence-electron chi connectivity index (χ2n) is 4.80. The van der Waals surface area contributed by atoms with Gasteiger partial charge in [-0.1, -0.05) is 25.2 Å². The van der Waals surface area contributed by atoms with Crippen molar-refractivity contribution in [3.8, 4) is 0 Å². The Morgan fingerprint density at radius 1 is 1.33 bits per heavy atom. The van der Waals surface area contributed by atoms with E-state index in [2.05, 4.69) is 4.99 Å². The molecule has 5 nitrogen and oxygen atoms in total. The molecule has 1 aromatic heterocycles. The summed E-state index contributed by atoms with van der Waals surface area (Å²) in [6.45, 7) is 4.56. The van der Waals surface area contributed by atoms with Crippen LogP contribution in [0.2, 0.25) is 0 Å². The van der Waals surface area contributed by atoms with Crippen LogP contribution in [0.15, 0.2) is 28.1 Å². The lowest BCUT2D eigenvalue weighted by atomic mass is 10.3. The van der Waals surface area contributed by atoms with Crippen molar-refractivity contribution in [3.05, 3.63) is 23.0 Å². The lowest BCUT2D eigenvalue weighted by molar-refractivity contribution is -0.117. The number of aromatic nitrogens is 1. The fraction of sp³-hybridized carbons (Fsp3) is 0.429. The normalized spacial score (nSPS) is 13.0. The molecule has 1 aromatic carbocycles. The number of benzene rings is 1. The Morgan fingerprint density at radius 2 is 2.05 bits per heavy atom. The lowest BCUT2D eigenvalue weighted by Crippen LogP contribution is -2.16. The molecule has 21 heavy (non-hydrogen) atoms. The molecule has 0 radical (unpaired) electrons. The van der Waals surface area contributed by atoms with Gasteiger partial charge in [0.2, 0.25) is 5.91 Å². The second kappa shape index (κ2) is 6.11. The van der Waals surface area contributed by atoms with Crippen molar-refractivity contribution in [2.24, 2.45) is 4.99 Å². The van der Waals surface area contributed by atoms with E-state index in [-0.39, 0.29) is 10.8 Å². The lowest BCUT2D eigenvalue weighted by Gasteiger charge is -2.03. The van der Waals surface area contributed by atoms with E-state index in [4.69, 9.17) is 0 Å². The molecular formula is C14H18N2O3S2. The number of fused-ring (bicyclic) bond motifs is 1. The summed E-state index contributed by atoms with van der Waals surface area (Å²) in [5.74, 6) is -0.172. The van der Waals surface area contributed by atoms with Crippen LogP contribution >= 0.6 is 11.3 Å². The Bertz CT molecular complexity index is 845. The molecule has 0 spiro atoms. The van der Waals surface area contributed by atoms with Crippen molar-refractivity contribution in [3.63, 3.8) is 0 Å². The largest absolute Gasteiger partial charge is 0.316 e. The first-order valence-corrected chi connectivity index (χ1v) is 9.48. The van der Waals surface area contributed by atoms with Crippen LogP contribution in [-0.2, 0) is 21.2 Å². The third-order valence-electron chi connectivity index (χ3n) is 3.05. The Balaban J connectivity index is 2.73. The molecule has 0 bridgehead atoms. The van der Waals surface area contributed by atoms with E-state index in [1.165, 1.54) is 17.6 Å². The van der Waals surface area contributed by atoms with Crippen LogP contribution < -0.4 is 4.80 Å². The van der Waals surface area contributed by atoms with Crippen LogP contribution in [0.4, 0.5) is 0 Å². The Morgan fingerprint density at radius 3 is 2.62 bits per heavy atom. The van der Waals surface area contributed by atoms with E-state index in [0.717, 1.165) is 23.2 Å².